The van der Waals surface area contributed by atoms with Crippen LogP contribution in [-0.4, -0.2) is 37.4 Å². The van der Waals surface area contributed by atoms with Crippen LogP contribution in [0.3, 0.4) is 0 Å². The zero-order valence-corrected chi connectivity index (χ0v) is 11.4. The van der Waals surface area contributed by atoms with Crippen molar-refractivity contribution in [3.63, 3.8) is 0 Å². The highest BCUT2D eigenvalue weighted by Gasteiger charge is 2.10. The van der Waals surface area contributed by atoms with Gasteiger partial charge in [-0.2, -0.15) is 0 Å². The third-order valence-electron chi connectivity index (χ3n) is 2.16. The Morgan fingerprint density at radius 1 is 1.61 bits per heavy atom. The number of thiophene rings is 1. The number of hydrogen-bond acceptors (Lipinski definition) is 4. The topological polar surface area (TPSA) is 58.6 Å². The van der Waals surface area contributed by atoms with Crippen molar-refractivity contribution in [1.29, 1.82) is 0 Å². The number of aliphatic hydroxyl groups excluding tert-OH is 1. The SMILES string of the molecule is CCOCCNC(=O)c1cc(C)c(C#CCO)s1. The lowest BCUT2D eigenvalue weighted by Gasteiger charge is -2.02. The molecule has 98 valence electrons. The van der Waals surface area contributed by atoms with E-state index in [1.54, 1.807) is 0 Å². The van der Waals surface area contributed by atoms with Gasteiger partial charge in [0.15, 0.2) is 0 Å². The molecule has 0 fully saturated rings. The molecule has 0 aromatic carbocycles. The summed E-state index contributed by atoms with van der Waals surface area (Å²) in [6, 6.07) is 1.81. The van der Waals surface area contributed by atoms with E-state index in [2.05, 4.69) is 17.2 Å². The van der Waals surface area contributed by atoms with Crippen molar-refractivity contribution in [2.24, 2.45) is 0 Å². The normalized spacial score (nSPS) is 9.72. The maximum Gasteiger partial charge on any atom is 0.261 e. The molecule has 0 saturated heterocycles. The molecule has 1 aromatic rings. The van der Waals surface area contributed by atoms with Gasteiger partial charge in [-0.3, -0.25) is 4.79 Å². The summed E-state index contributed by atoms with van der Waals surface area (Å²) in [4.78, 5) is 13.2. The fraction of sp³-hybridized carbons (Fsp3) is 0.462. The Morgan fingerprint density at radius 3 is 3.06 bits per heavy atom. The van der Waals surface area contributed by atoms with Gasteiger partial charge in [0.25, 0.3) is 5.91 Å². The van der Waals surface area contributed by atoms with Gasteiger partial charge in [-0.05, 0) is 25.5 Å². The number of hydrogen-bond donors (Lipinski definition) is 2. The standard InChI is InChI=1S/C13H17NO3S/c1-3-17-8-6-14-13(16)12-9-10(2)11(18-12)5-4-7-15/h9,15H,3,6-8H2,1-2H3,(H,14,16). The van der Waals surface area contributed by atoms with Gasteiger partial charge in [-0.15, -0.1) is 11.3 Å². The molecular formula is C13H17NO3S. The molecule has 1 heterocycles. The van der Waals surface area contributed by atoms with Crippen LogP contribution in [-0.2, 0) is 4.74 Å². The molecule has 5 heteroatoms. The van der Waals surface area contributed by atoms with Crippen molar-refractivity contribution < 1.29 is 14.6 Å². The minimum absolute atomic E-state index is 0.111. The van der Waals surface area contributed by atoms with E-state index >= 15 is 0 Å². The lowest BCUT2D eigenvalue weighted by atomic mass is 10.2. The molecule has 1 rings (SSSR count). The van der Waals surface area contributed by atoms with Gasteiger partial charge in [0.1, 0.15) is 6.61 Å². The van der Waals surface area contributed by atoms with Crippen molar-refractivity contribution in [3.05, 3.63) is 21.4 Å². The predicted molar refractivity (Wildman–Crippen MR) is 71.8 cm³/mol. The highest BCUT2D eigenvalue weighted by molar-refractivity contribution is 7.14. The molecule has 0 atom stereocenters. The van der Waals surface area contributed by atoms with E-state index in [1.165, 1.54) is 11.3 Å². The minimum atomic E-state index is -0.173. The molecular weight excluding hydrogens is 250 g/mol. The molecule has 1 amide bonds. The van der Waals surface area contributed by atoms with Crippen molar-refractivity contribution in [2.45, 2.75) is 13.8 Å². The molecule has 0 aliphatic carbocycles. The lowest BCUT2D eigenvalue weighted by Crippen LogP contribution is -2.26. The number of carbonyl (C=O) groups excluding carboxylic acids is 1. The second kappa shape index (κ2) is 7.88. The molecule has 0 aliphatic heterocycles. The summed E-state index contributed by atoms with van der Waals surface area (Å²) in [5.74, 6) is 5.30. The Labute approximate surface area is 111 Å². The van der Waals surface area contributed by atoms with Gasteiger partial charge in [-0.1, -0.05) is 11.8 Å². The first-order chi connectivity index (χ1) is 8.69. The molecule has 18 heavy (non-hydrogen) atoms. The van der Waals surface area contributed by atoms with E-state index in [0.29, 0.717) is 24.6 Å². The van der Waals surface area contributed by atoms with Crippen LogP contribution >= 0.6 is 11.3 Å². The average Bonchev–Trinajstić information content (AvgIpc) is 2.73. The van der Waals surface area contributed by atoms with Crippen molar-refractivity contribution in [1.82, 2.24) is 5.32 Å². The molecule has 0 aliphatic rings. The summed E-state index contributed by atoms with van der Waals surface area (Å²) in [6.45, 7) is 5.30. The number of aryl methyl sites for hydroxylation is 1. The molecule has 2 N–H and O–H groups in total. The molecule has 0 radical (unpaired) electrons. The smallest absolute Gasteiger partial charge is 0.261 e. The first-order valence-electron chi connectivity index (χ1n) is 5.75. The summed E-state index contributed by atoms with van der Waals surface area (Å²) >= 11 is 1.33. The molecule has 0 unspecified atom stereocenters. The maximum atomic E-state index is 11.8. The maximum absolute atomic E-state index is 11.8. The van der Waals surface area contributed by atoms with E-state index in [-0.39, 0.29) is 12.5 Å². The predicted octanol–water partition coefficient (Wildman–Crippen LogP) is 1.17. The van der Waals surface area contributed by atoms with Crippen LogP contribution in [0.15, 0.2) is 6.07 Å². The van der Waals surface area contributed by atoms with Crippen LogP contribution in [0.4, 0.5) is 0 Å². The minimum Gasteiger partial charge on any atom is -0.384 e. The fourth-order valence-corrected chi connectivity index (χ4v) is 2.27. The van der Waals surface area contributed by atoms with Crippen LogP contribution in [0.2, 0.25) is 0 Å². The second-order valence-electron chi connectivity index (χ2n) is 3.54. The Balaban J connectivity index is 2.58. The Bertz CT molecular complexity index is 457. The first-order valence-corrected chi connectivity index (χ1v) is 6.56. The van der Waals surface area contributed by atoms with Crippen LogP contribution in [0, 0.1) is 18.8 Å². The van der Waals surface area contributed by atoms with Crippen LogP contribution in [0.1, 0.15) is 27.0 Å². The van der Waals surface area contributed by atoms with Crippen LogP contribution in [0.25, 0.3) is 0 Å². The summed E-state index contributed by atoms with van der Waals surface area (Å²) in [5.41, 5.74) is 0.955. The number of amides is 1. The molecule has 0 spiro atoms. The third kappa shape index (κ3) is 4.49. The van der Waals surface area contributed by atoms with Crippen LogP contribution in [0.5, 0.6) is 0 Å². The fourth-order valence-electron chi connectivity index (χ4n) is 1.31. The van der Waals surface area contributed by atoms with Crippen LogP contribution < -0.4 is 5.32 Å². The summed E-state index contributed by atoms with van der Waals surface area (Å²) < 4.78 is 5.14. The lowest BCUT2D eigenvalue weighted by molar-refractivity contribution is 0.0926. The molecule has 0 saturated carbocycles. The van der Waals surface area contributed by atoms with E-state index in [0.717, 1.165) is 10.4 Å². The molecule has 4 nitrogen and oxygen atoms in total. The molecule has 0 bridgehead atoms. The van der Waals surface area contributed by atoms with Gasteiger partial charge < -0.3 is 15.2 Å². The number of aliphatic hydroxyl groups is 1. The highest BCUT2D eigenvalue weighted by atomic mass is 32.1. The zero-order valence-electron chi connectivity index (χ0n) is 10.6. The summed E-state index contributed by atoms with van der Waals surface area (Å²) in [6.07, 6.45) is 0. The Hall–Kier alpha value is -1.35. The van der Waals surface area contributed by atoms with Crippen molar-refractivity contribution in [2.75, 3.05) is 26.4 Å². The zero-order chi connectivity index (χ0) is 13.4. The second-order valence-corrected chi connectivity index (χ2v) is 4.59. The largest absolute Gasteiger partial charge is 0.384 e. The van der Waals surface area contributed by atoms with E-state index in [4.69, 9.17) is 9.84 Å². The van der Waals surface area contributed by atoms with Gasteiger partial charge in [0, 0.05) is 13.2 Å². The summed E-state index contributed by atoms with van der Waals surface area (Å²) in [7, 11) is 0. The van der Waals surface area contributed by atoms with Gasteiger partial charge in [0.2, 0.25) is 0 Å². The van der Waals surface area contributed by atoms with E-state index in [1.807, 2.05) is 19.9 Å². The molecule has 1 aromatic heterocycles. The summed E-state index contributed by atoms with van der Waals surface area (Å²) in [5, 5.41) is 11.4. The number of nitrogens with one attached hydrogen (secondary N) is 1. The Kier molecular flexibility index (Phi) is 6.44. The Morgan fingerprint density at radius 2 is 2.39 bits per heavy atom. The van der Waals surface area contributed by atoms with E-state index < -0.39 is 0 Å². The van der Waals surface area contributed by atoms with Gasteiger partial charge in [0.05, 0.1) is 16.4 Å². The van der Waals surface area contributed by atoms with Crippen molar-refractivity contribution in [3.8, 4) is 11.8 Å². The highest BCUT2D eigenvalue weighted by Crippen LogP contribution is 2.20. The quantitative estimate of drug-likeness (QED) is 0.622. The first kappa shape index (κ1) is 14.7. The number of rotatable bonds is 5. The number of ether oxygens (including phenoxy) is 1. The number of carbonyl (C=O) groups is 1. The van der Waals surface area contributed by atoms with Gasteiger partial charge >= 0.3 is 0 Å². The van der Waals surface area contributed by atoms with Gasteiger partial charge in [-0.25, -0.2) is 0 Å². The van der Waals surface area contributed by atoms with Crippen molar-refractivity contribution >= 4 is 17.2 Å². The monoisotopic (exact) mass is 267 g/mol. The van der Waals surface area contributed by atoms with E-state index in [9.17, 15) is 4.79 Å². The third-order valence-corrected chi connectivity index (χ3v) is 3.31. The average molecular weight is 267 g/mol.